The van der Waals surface area contributed by atoms with Gasteiger partial charge in [-0.2, -0.15) is 30.7 Å². The summed E-state index contributed by atoms with van der Waals surface area (Å²) in [5, 5.41) is 8.44. The highest BCUT2D eigenvalue weighted by atomic mass is 19.4. The summed E-state index contributed by atoms with van der Waals surface area (Å²) >= 11 is 0. The molecule has 2 aromatic heterocycles. The van der Waals surface area contributed by atoms with Crippen molar-refractivity contribution in [1.82, 2.24) is 25.4 Å². The largest absolute Gasteiger partial charge is 0.463 e. The molecule has 0 aromatic carbocycles. The van der Waals surface area contributed by atoms with Crippen LogP contribution >= 0.6 is 0 Å². The predicted molar refractivity (Wildman–Crippen MR) is 97.5 cm³/mol. The lowest BCUT2D eigenvalue weighted by atomic mass is 9.89. The van der Waals surface area contributed by atoms with E-state index in [1.807, 2.05) is 0 Å². The number of halogens is 7. The number of hydrogen-bond acceptors (Lipinski definition) is 6. The summed E-state index contributed by atoms with van der Waals surface area (Å²) in [5.41, 5.74) is 0.427. The average Bonchev–Trinajstić information content (AvgIpc) is 3.39. The number of pyridine rings is 1. The Labute approximate surface area is 186 Å². The number of fused-ring (bicyclic) bond motifs is 1. The van der Waals surface area contributed by atoms with Crippen molar-refractivity contribution in [3.05, 3.63) is 29.4 Å². The van der Waals surface area contributed by atoms with Crippen molar-refractivity contribution in [2.45, 2.75) is 62.8 Å². The van der Waals surface area contributed by atoms with Crippen LogP contribution in [0.15, 0.2) is 16.7 Å². The van der Waals surface area contributed by atoms with E-state index < -0.39 is 48.3 Å². The highest BCUT2D eigenvalue weighted by molar-refractivity contribution is 5.99. The molecule has 0 bridgehead atoms. The molecule has 1 saturated carbocycles. The molecule has 1 aliphatic carbocycles. The van der Waals surface area contributed by atoms with Crippen molar-refractivity contribution in [2.75, 3.05) is 0 Å². The van der Waals surface area contributed by atoms with Crippen molar-refractivity contribution in [2.24, 2.45) is 0 Å². The van der Waals surface area contributed by atoms with Gasteiger partial charge in [-0.05, 0) is 18.9 Å². The van der Waals surface area contributed by atoms with Crippen molar-refractivity contribution >= 4 is 11.8 Å². The average molecular weight is 495 g/mol. The number of hydrogen-bond donors (Lipinski definition) is 1. The van der Waals surface area contributed by atoms with Gasteiger partial charge in [-0.15, -0.1) is 10.2 Å². The summed E-state index contributed by atoms with van der Waals surface area (Å²) in [6.45, 7) is -0.0761. The fraction of sp³-hybridized carbons (Fsp3) is 0.526. The van der Waals surface area contributed by atoms with E-state index >= 15 is 0 Å². The summed E-state index contributed by atoms with van der Waals surface area (Å²) in [4.78, 5) is 30.1. The van der Waals surface area contributed by atoms with E-state index in [9.17, 15) is 40.3 Å². The number of amides is 2. The van der Waals surface area contributed by atoms with Gasteiger partial charge in [0.1, 0.15) is 0 Å². The molecule has 0 radical (unpaired) electrons. The highest BCUT2D eigenvalue weighted by Gasteiger charge is 2.63. The SMILES string of the molecule is O=C1c2cc(-c3nnc(C(F)F)o3)cnc2CN1[C@@H]1CCCC[C@@H]1NC(=O)C(F)(F)C(F)(F)F. The van der Waals surface area contributed by atoms with Crippen LogP contribution in [0, 0.1) is 0 Å². The van der Waals surface area contributed by atoms with Gasteiger partial charge >= 0.3 is 24.4 Å². The van der Waals surface area contributed by atoms with Crippen molar-refractivity contribution in [1.29, 1.82) is 0 Å². The van der Waals surface area contributed by atoms with Gasteiger partial charge in [-0.1, -0.05) is 12.8 Å². The Bertz CT molecular complexity index is 1100. The molecule has 0 unspecified atom stereocenters. The van der Waals surface area contributed by atoms with Gasteiger partial charge in [0.2, 0.25) is 5.89 Å². The smallest absolute Gasteiger partial charge is 0.415 e. The molecular weight excluding hydrogens is 479 g/mol. The second-order valence-corrected chi connectivity index (χ2v) is 7.90. The van der Waals surface area contributed by atoms with Crippen LogP contribution in [0.3, 0.4) is 0 Å². The first-order valence-corrected chi connectivity index (χ1v) is 10.1. The maximum atomic E-state index is 13.4. The highest BCUT2D eigenvalue weighted by Crippen LogP contribution is 2.37. The minimum Gasteiger partial charge on any atom is -0.415 e. The molecule has 4 rings (SSSR count). The van der Waals surface area contributed by atoms with E-state index in [0.29, 0.717) is 12.8 Å². The molecule has 15 heteroatoms. The van der Waals surface area contributed by atoms with E-state index in [-0.39, 0.29) is 42.1 Å². The molecule has 2 amide bonds. The minimum absolute atomic E-state index is 0.0607. The third-order valence-electron chi connectivity index (χ3n) is 5.74. The van der Waals surface area contributed by atoms with Crippen molar-refractivity contribution in [3.63, 3.8) is 0 Å². The molecule has 1 fully saturated rings. The molecule has 0 saturated heterocycles. The Hall–Kier alpha value is -3.26. The first kappa shape index (κ1) is 23.9. The minimum atomic E-state index is -6.06. The topological polar surface area (TPSA) is 101 Å². The summed E-state index contributed by atoms with van der Waals surface area (Å²) in [6, 6.07) is -0.681. The third-order valence-corrected chi connectivity index (χ3v) is 5.74. The van der Waals surface area contributed by atoms with Crippen LogP contribution in [-0.4, -0.2) is 56.1 Å². The van der Waals surface area contributed by atoms with Gasteiger partial charge in [0, 0.05) is 12.2 Å². The predicted octanol–water partition coefficient (Wildman–Crippen LogP) is 3.65. The van der Waals surface area contributed by atoms with Crippen molar-refractivity contribution < 1.29 is 44.7 Å². The molecule has 8 nitrogen and oxygen atoms in total. The number of nitrogens with zero attached hydrogens (tertiary/aromatic N) is 4. The monoisotopic (exact) mass is 495 g/mol. The summed E-state index contributed by atoms with van der Waals surface area (Å²) in [6.07, 6.45) is -6.45. The first-order chi connectivity index (χ1) is 15.9. The fourth-order valence-electron chi connectivity index (χ4n) is 4.06. The maximum Gasteiger partial charge on any atom is 0.463 e. The van der Waals surface area contributed by atoms with Gasteiger partial charge in [-0.25, -0.2) is 0 Å². The number of rotatable bonds is 5. The van der Waals surface area contributed by atoms with E-state index in [1.165, 1.54) is 17.2 Å². The first-order valence-electron chi connectivity index (χ1n) is 10.1. The molecule has 0 spiro atoms. The van der Waals surface area contributed by atoms with Crippen LogP contribution in [0.2, 0.25) is 0 Å². The van der Waals surface area contributed by atoms with Crippen LogP contribution < -0.4 is 5.32 Å². The number of carbonyl (C=O) groups is 2. The Morgan fingerprint density at radius 3 is 2.50 bits per heavy atom. The lowest BCUT2D eigenvalue weighted by Crippen LogP contribution is -2.59. The van der Waals surface area contributed by atoms with Crippen molar-refractivity contribution in [3.8, 4) is 11.5 Å². The zero-order valence-electron chi connectivity index (χ0n) is 17.1. The Morgan fingerprint density at radius 1 is 1.15 bits per heavy atom. The molecule has 184 valence electrons. The van der Waals surface area contributed by atoms with Crippen LogP contribution in [0.5, 0.6) is 0 Å². The van der Waals surface area contributed by atoms with E-state index in [2.05, 4.69) is 15.2 Å². The van der Waals surface area contributed by atoms with Crippen LogP contribution in [0.4, 0.5) is 30.7 Å². The van der Waals surface area contributed by atoms with E-state index in [0.717, 1.165) is 0 Å². The molecule has 1 N–H and O–H groups in total. The fourth-order valence-corrected chi connectivity index (χ4v) is 4.06. The van der Waals surface area contributed by atoms with Crippen LogP contribution in [0.25, 0.3) is 11.5 Å². The summed E-state index contributed by atoms with van der Waals surface area (Å²) in [7, 11) is 0. The Kier molecular flexibility index (Phi) is 5.97. The third kappa shape index (κ3) is 4.18. The summed E-state index contributed by atoms with van der Waals surface area (Å²) in [5.74, 6) is -9.88. The van der Waals surface area contributed by atoms with Gasteiger partial charge in [0.25, 0.3) is 11.8 Å². The number of aromatic nitrogens is 3. The number of nitrogens with one attached hydrogen (secondary N) is 1. The molecule has 3 heterocycles. The van der Waals surface area contributed by atoms with E-state index in [4.69, 9.17) is 4.42 Å². The van der Waals surface area contributed by atoms with Crippen LogP contribution in [-0.2, 0) is 11.3 Å². The molecular formula is C19H16F7N5O3. The quantitative estimate of drug-likeness (QED) is 0.636. The summed E-state index contributed by atoms with van der Waals surface area (Å²) < 4.78 is 94.8. The van der Waals surface area contributed by atoms with E-state index in [1.54, 1.807) is 5.32 Å². The van der Waals surface area contributed by atoms with Gasteiger partial charge in [-0.3, -0.25) is 14.6 Å². The molecule has 2 atom stereocenters. The second-order valence-electron chi connectivity index (χ2n) is 7.90. The maximum absolute atomic E-state index is 13.4. The zero-order valence-corrected chi connectivity index (χ0v) is 17.1. The normalized spacial score (nSPS) is 21.2. The Balaban J connectivity index is 1.54. The van der Waals surface area contributed by atoms with Crippen LogP contribution in [0.1, 0.15) is 54.1 Å². The van der Waals surface area contributed by atoms with Gasteiger partial charge in [0.15, 0.2) is 0 Å². The van der Waals surface area contributed by atoms with Gasteiger partial charge in [0.05, 0.1) is 29.4 Å². The lowest BCUT2D eigenvalue weighted by molar-refractivity contribution is -0.270. The second kappa shape index (κ2) is 8.51. The zero-order chi connectivity index (χ0) is 24.8. The van der Waals surface area contributed by atoms with Gasteiger partial charge < -0.3 is 14.6 Å². The molecule has 2 aromatic rings. The number of alkyl halides is 7. The molecule has 1 aliphatic heterocycles. The number of carbonyl (C=O) groups excluding carboxylic acids is 2. The lowest BCUT2D eigenvalue weighted by Gasteiger charge is -2.38. The standard InChI is InChI=1S/C19H16F7N5O3/c20-13(21)15-30-29-14(34-15)8-5-9-11(27-6-8)7-31(16(9)32)12-4-2-1-3-10(12)28-17(33)18(22,23)19(24,25)26/h5-6,10,12-13H,1-4,7H2,(H,28,33)/t10-,12+/m0/s1. The molecule has 34 heavy (non-hydrogen) atoms. The molecule has 2 aliphatic rings. The Morgan fingerprint density at radius 2 is 1.85 bits per heavy atom.